The van der Waals surface area contributed by atoms with Gasteiger partial charge in [0.25, 0.3) is 0 Å². The minimum atomic E-state index is -2.88. The van der Waals surface area contributed by atoms with E-state index >= 15 is 0 Å². The molecule has 0 amide bonds. The van der Waals surface area contributed by atoms with Crippen molar-refractivity contribution in [3.05, 3.63) is 0 Å². The molecule has 0 aliphatic heterocycles. The Morgan fingerprint density at radius 2 is 1.88 bits per heavy atom. The van der Waals surface area contributed by atoms with Crippen LogP contribution in [0.3, 0.4) is 0 Å². The van der Waals surface area contributed by atoms with Crippen molar-refractivity contribution in [3.63, 3.8) is 0 Å². The molecule has 2 saturated carbocycles. The maximum atomic E-state index is 11.7. The van der Waals surface area contributed by atoms with E-state index in [0.29, 0.717) is 11.5 Å². The Labute approximate surface area is 105 Å². The van der Waals surface area contributed by atoms with E-state index in [1.807, 2.05) is 0 Å². The first-order valence-electron chi connectivity index (χ1n) is 6.73. The quantitative estimate of drug-likeness (QED) is 0.844. The van der Waals surface area contributed by atoms with Crippen molar-refractivity contribution in [2.24, 2.45) is 5.41 Å². The summed E-state index contributed by atoms with van der Waals surface area (Å²) in [7, 11) is -2.88. The Morgan fingerprint density at radius 3 is 2.41 bits per heavy atom. The van der Waals surface area contributed by atoms with Gasteiger partial charge in [-0.2, -0.15) is 0 Å². The molecule has 3 atom stereocenters. The standard InChI is InChI=1S/C13H25NO2S/c1-13(2)8-7-10(9-13)14-11-5-4-6-12(11)17(3,15)16/h10-12,14H,4-9H2,1-3H3. The second-order valence-corrected chi connectivity index (χ2v) is 8.94. The summed E-state index contributed by atoms with van der Waals surface area (Å²) in [5.41, 5.74) is 0.427. The van der Waals surface area contributed by atoms with Gasteiger partial charge in [-0.3, -0.25) is 0 Å². The number of sulfone groups is 1. The Kier molecular flexibility index (Phi) is 3.56. The zero-order chi connectivity index (χ0) is 12.7. The molecular weight excluding hydrogens is 234 g/mol. The number of hydrogen-bond donors (Lipinski definition) is 1. The van der Waals surface area contributed by atoms with Crippen molar-refractivity contribution in [3.8, 4) is 0 Å². The summed E-state index contributed by atoms with van der Waals surface area (Å²) in [6, 6.07) is 0.723. The van der Waals surface area contributed by atoms with Gasteiger partial charge in [0.15, 0.2) is 9.84 Å². The molecule has 0 aromatic carbocycles. The first kappa shape index (κ1) is 13.3. The molecule has 1 N–H and O–H groups in total. The predicted molar refractivity (Wildman–Crippen MR) is 70.8 cm³/mol. The van der Waals surface area contributed by atoms with Crippen molar-refractivity contribution in [2.45, 2.75) is 69.7 Å². The third-order valence-corrected chi connectivity index (χ3v) is 6.08. The molecule has 0 heterocycles. The summed E-state index contributed by atoms with van der Waals surface area (Å²) in [5, 5.41) is 3.46. The summed E-state index contributed by atoms with van der Waals surface area (Å²) in [5.74, 6) is 0. The first-order chi connectivity index (χ1) is 7.78. The molecule has 3 unspecified atom stereocenters. The third kappa shape index (κ3) is 3.22. The average molecular weight is 259 g/mol. The summed E-state index contributed by atoms with van der Waals surface area (Å²) in [4.78, 5) is 0. The number of rotatable bonds is 3. The van der Waals surface area contributed by atoms with Crippen molar-refractivity contribution in [1.29, 1.82) is 0 Å². The van der Waals surface area contributed by atoms with Crippen LogP contribution in [0.2, 0.25) is 0 Å². The number of hydrogen-bond acceptors (Lipinski definition) is 3. The maximum absolute atomic E-state index is 11.7. The summed E-state index contributed by atoms with van der Waals surface area (Å²) in [6.07, 6.45) is 7.92. The predicted octanol–water partition coefficient (Wildman–Crippen LogP) is 2.12. The van der Waals surface area contributed by atoms with Gasteiger partial charge in [-0.25, -0.2) is 8.42 Å². The van der Waals surface area contributed by atoms with E-state index in [1.165, 1.54) is 25.5 Å². The van der Waals surface area contributed by atoms with E-state index in [1.54, 1.807) is 0 Å². The topological polar surface area (TPSA) is 46.2 Å². The lowest BCUT2D eigenvalue weighted by molar-refractivity contribution is 0.352. The molecule has 17 heavy (non-hydrogen) atoms. The molecule has 0 spiro atoms. The van der Waals surface area contributed by atoms with E-state index in [9.17, 15) is 8.42 Å². The molecular formula is C13H25NO2S. The molecule has 2 aliphatic carbocycles. The lowest BCUT2D eigenvalue weighted by Gasteiger charge is -2.25. The molecule has 0 aromatic rings. The van der Waals surface area contributed by atoms with Crippen molar-refractivity contribution in [2.75, 3.05) is 6.26 Å². The Morgan fingerprint density at radius 1 is 1.18 bits per heavy atom. The van der Waals surface area contributed by atoms with Crippen LogP contribution in [0.5, 0.6) is 0 Å². The van der Waals surface area contributed by atoms with Crippen molar-refractivity contribution >= 4 is 9.84 Å². The number of nitrogens with one attached hydrogen (secondary N) is 1. The molecule has 2 aliphatic rings. The van der Waals surface area contributed by atoms with Gasteiger partial charge in [0.2, 0.25) is 0 Å². The SMILES string of the molecule is CC1(C)CCC(NC2CCCC2S(C)(=O)=O)C1. The highest BCUT2D eigenvalue weighted by molar-refractivity contribution is 7.91. The normalized spacial score (nSPS) is 37.5. The molecule has 0 radical (unpaired) electrons. The summed E-state index contributed by atoms with van der Waals surface area (Å²) < 4.78 is 23.4. The van der Waals surface area contributed by atoms with Crippen LogP contribution in [-0.4, -0.2) is 32.0 Å². The van der Waals surface area contributed by atoms with Gasteiger partial charge in [-0.15, -0.1) is 0 Å². The Hall–Kier alpha value is -0.0900. The second-order valence-electron chi connectivity index (χ2n) is 6.68. The van der Waals surface area contributed by atoms with E-state index in [-0.39, 0.29) is 11.3 Å². The molecule has 0 bridgehead atoms. The van der Waals surface area contributed by atoms with Crippen LogP contribution in [0.1, 0.15) is 52.4 Å². The van der Waals surface area contributed by atoms with Crippen molar-refractivity contribution < 1.29 is 8.42 Å². The third-order valence-electron chi connectivity index (χ3n) is 4.42. The molecule has 2 rings (SSSR count). The molecule has 100 valence electrons. The van der Waals surface area contributed by atoms with Crippen LogP contribution in [0.4, 0.5) is 0 Å². The van der Waals surface area contributed by atoms with Gasteiger partial charge in [-0.05, 0) is 37.5 Å². The monoisotopic (exact) mass is 259 g/mol. The highest BCUT2D eigenvalue weighted by atomic mass is 32.2. The van der Waals surface area contributed by atoms with Crippen LogP contribution in [0.25, 0.3) is 0 Å². The van der Waals surface area contributed by atoms with Crippen LogP contribution in [-0.2, 0) is 9.84 Å². The van der Waals surface area contributed by atoms with Gasteiger partial charge in [-0.1, -0.05) is 20.3 Å². The Bertz CT molecular complexity index is 375. The lowest BCUT2D eigenvalue weighted by Crippen LogP contribution is -2.44. The van der Waals surface area contributed by atoms with Gasteiger partial charge in [0.05, 0.1) is 5.25 Å². The molecule has 0 saturated heterocycles. The fourth-order valence-corrected chi connectivity index (χ4v) is 4.92. The minimum Gasteiger partial charge on any atom is -0.310 e. The summed E-state index contributed by atoms with van der Waals surface area (Å²) in [6.45, 7) is 4.61. The van der Waals surface area contributed by atoms with E-state index in [4.69, 9.17) is 0 Å². The fourth-order valence-electron chi connectivity index (χ4n) is 3.51. The van der Waals surface area contributed by atoms with Crippen LogP contribution in [0.15, 0.2) is 0 Å². The highest BCUT2D eigenvalue weighted by Gasteiger charge is 2.38. The lowest BCUT2D eigenvalue weighted by atomic mass is 9.92. The Balaban J connectivity index is 1.95. The zero-order valence-corrected chi connectivity index (χ0v) is 12.0. The van der Waals surface area contributed by atoms with Crippen molar-refractivity contribution in [1.82, 2.24) is 5.32 Å². The zero-order valence-electron chi connectivity index (χ0n) is 11.2. The fraction of sp³-hybridized carbons (Fsp3) is 1.00. The molecule has 0 aromatic heterocycles. The van der Waals surface area contributed by atoms with Gasteiger partial charge >= 0.3 is 0 Å². The molecule has 3 nitrogen and oxygen atoms in total. The highest BCUT2D eigenvalue weighted by Crippen LogP contribution is 2.38. The van der Waals surface area contributed by atoms with Gasteiger partial charge in [0, 0.05) is 18.3 Å². The minimum absolute atomic E-state index is 0.147. The second kappa shape index (κ2) is 4.54. The van der Waals surface area contributed by atoms with E-state index < -0.39 is 9.84 Å². The van der Waals surface area contributed by atoms with E-state index in [0.717, 1.165) is 19.3 Å². The summed E-state index contributed by atoms with van der Waals surface area (Å²) >= 11 is 0. The molecule has 4 heteroatoms. The van der Waals surface area contributed by atoms with E-state index in [2.05, 4.69) is 19.2 Å². The maximum Gasteiger partial charge on any atom is 0.151 e. The largest absolute Gasteiger partial charge is 0.310 e. The van der Waals surface area contributed by atoms with Crippen LogP contribution < -0.4 is 5.32 Å². The van der Waals surface area contributed by atoms with Crippen LogP contribution in [0, 0.1) is 5.41 Å². The van der Waals surface area contributed by atoms with Gasteiger partial charge in [0.1, 0.15) is 0 Å². The molecule has 2 fully saturated rings. The van der Waals surface area contributed by atoms with Gasteiger partial charge < -0.3 is 5.32 Å². The average Bonchev–Trinajstić information content (AvgIpc) is 2.72. The van der Waals surface area contributed by atoms with Crippen LogP contribution >= 0.6 is 0 Å². The first-order valence-corrected chi connectivity index (χ1v) is 8.68. The smallest absolute Gasteiger partial charge is 0.151 e.